The maximum atomic E-state index is 13.0. The molecule has 1 saturated carbocycles. The second-order valence-electron chi connectivity index (χ2n) is 7.10. The summed E-state index contributed by atoms with van der Waals surface area (Å²) in [5.74, 6) is 1.81. The van der Waals surface area contributed by atoms with Crippen molar-refractivity contribution in [2.75, 3.05) is 0 Å². The van der Waals surface area contributed by atoms with Gasteiger partial charge in [-0.3, -0.25) is 4.79 Å². The molecule has 3 aromatic rings. The van der Waals surface area contributed by atoms with Gasteiger partial charge in [0.25, 0.3) is 0 Å². The van der Waals surface area contributed by atoms with E-state index in [4.69, 9.17) is 4.42 Å². The van der Waals surface area contributed by atoms with E-state index in [0.29, 0.717) is 37.1 Å². The maximum Gasteiger partial charge on any atom is 0.248 e. The predicted molar refractivity (Wildman–Crippen MR) is 105 cm³/mol. The standard InChI is InChI=1S/C21H23N3O2S/c1-15(17-7-8-17)24(13-16-5-3-2-4-6-16)20(25)10-9-19-22-23-21(26-19)18-11-12-27-14-18/h2-6,11-12,14-15,17H,7-10,13H2,1H3. The van der Waals surface area contributed by atoms with E-state index in [-0.39, 0.29) is 11.9 Å². The molecule has 5 nitrogen and oxygen atoms in total. The van der Waals surface area contributed by atoms with Crippen molar-refractivity contribution in [2.45, 2.75) is 45.2 Å². The molecule has 1 aliphatic carbocycles. The Morgan fingerprint density at radius 3 is 2.78 bits per heavy atom. The first-order chi connectivity index (χ1) is 13.2. The first-order valence-corrected chi connectivity index (χ1v) is 10.3. The van der Waals surface area contributed by atoms with Crippen LogP contribution in [0.1, 0.15) is 37.6 Å². The Morgan fingerprint density at radius 2 is 2.07 bits per heavy atom. The Labute approximate surface area is 163 Å². The first kappa shape index (κ1) is 17.9. The lowest BCUT2D eigenvalue weighted by Crippen LogP contribution is -2.39. The number of hydrogen-bond acceptors (Lipinski definition) is 5. The van der Waals surface area contributed by atoms with Crippen LogP contribution in [0.15, 0.2) is 51.6 Å². The molecule has 2 aromatic heterocycles. The molecule has 140 valence electrons. The van der Waals surface area contributed by atoms with Gasteiger partial charge in [-0.1, -0.05) is 30.3 Å². The summed E-state index contributed by atoms with van der Waals surface area (Å²) in [5.41, 5.74) is 2.09. The topological polar surface area (TPSA) is 59.2 Å². The molecule has 1 unspecified atom stereocenters. The molecule has 1 aliphatic rings. The van der Waals surface area contributed by atoms with E-state index in [2.05, 4.69) is 29.3 Å². The fraction of sp³-hybridized carbons (Fsp3) is 0.381. The highest BCUT2D eigenvalue weighted by atomic mass is 32.1. The summed E-state index contributed by atoms with van der Waals surface area (Å²) in [7, 11) is 0. The lowest BCUT2D eigenvalue weighted by molar-refractivity contribution is -0.134. The number of hydrogen-bond donors (Lipinski definition) is 0. The average Bonchev–Trinajstić information content (AvgIpc) is 3.19. The molecule has 1 atom stereocenters. The quantitative estimate of drug-likeness (QED) is 0.574. The second kappa shape index (κ2) is 8.05. The summed E-state index contributed by atoms with van der Waals surface area (Å²) in [5, 5.41) is 12.1. The molecular formula is C21H23N3O2S. The molecule has 0 spiro atoms. The fourth-order valence-corrected chi connectivity index (χ4v) is 3.92. The molecule has 1 amide bonds. The van der Waals surface area contributed by atoms with Gasteiger partial charge < -0.3 is 9.32 Å². The minimum atomic E-state index is 0.147. The molecule has 4 rings (SSSR count). The number of aromatic nitrogens is 2. The SMILES string of the molecule is CC(C1CC1)N(Cc1ccccc1)C(=O)CCc1nnc(-c2ccsc2)o1. The van der Waals surface area contributed by atoms with Gasteiger partial charge in [0.2, 0.25) is 17.7 Å². The van der Waals surface area contributed by atoms with E-state index in [1.807, 2.05) is 39.9 Å². The van der Waals surface area contributed by atoms with Crippen molar-refractivity contribution in [3.8, 4) is 11.5 Å². The van der Waals surface area contributed by atoms with Crippen molar-refractivity contribution in [2.24, 2.45) is 5.92 Å². The summed E-state index contributed by atoms with van der Waals surface area (Å²) >= 11 is 1.59. The molecule has 0 bridgehead atoms. The van der Waals surface area contributed by atoms with Crippen molar-refractivity contribution in [3.63, 3.8) is 0 Å². The molecule has 1 fully saturated rings. The van der Waals surface area contributed by atoms with Crippen LogP contribution in [0.25, 0.3) is 11.5 Å². The number of carbonyl (C=O) groups is 1. The molecule has 2 heterocycles. The summed E-state index contributed by atoms with van der Waals surface area (Å²) in [6.45, 7) is 2.82. The number of carbonyl (C=O) groups excluding carboxylic acids is 1. The van der Waals surface area contributed by atoms with Gasteiger partial charge in [0.1, 0.15) is 0 Å². The van der Waals surface area contributed by atoms with Gasteiger partial charge in [-0.2, -0.15) is 11.3 Å². The molecule has 0 aliphatic heterocycles. The third-order valence-corrected chi connectivity index (χ3v) is 5.78. The highest BCUT2D eigenvalue weighted by Crippen LogP contribution is 2.36. The molecular weight excluding hydrogens is 358 g/mol. The van der Waals surface area contributed by atoms with Crippen LogP contribution in [0, 0.1) is 5.92 Å². The number of benzene rings is 1. The minimum Gasteiger partial charge on any atom is -0.421 e. The second-order valence-corrected chi connectivity index (χ2v) is 7.88. The zero-order valence-corrected chi connectivity index (χ0v) is 16.2. The van der Waals surface area contributed by atoms with E-state index in [1.54, 1.807) is 11.3 Å². The van der Waals surface area contributed by atoms with E-state index < -0.39 is 0 Å². The summed E-state index contributed by atoms with van der Waals surface area (Å²) in [4.78, 5) is 15.0. The molecule has 0 saturated heterocycles. The molecule has 27 heavy (non-hydrogen) atoms. The fourth-order valence-electron chi connectivity index (χ4n) is 3.29. The normalized spacial score (nSPS) is 14.9. The van der Waals surface area contributed by atoms with Crippen LogP contribution in [-0.4, -0.2) is 27.0 Å². The highest BCUT2D eigenvalue weighted by Gasteiger charge is 2.34. The Bertz CT molecular complexity index is 872. The average molecular weight is 382 g/mol. The van der Waals surface area contributed by atoms with Crippen LogP contribution in [0.2, 0.25) is 0 Å². The van der Waals surface area contributed by atoms with Gasteiger partial charge in [0.15, 0.2) is 0 Å². The van der Waals surface area contributed by atoms with E-state index >= 15 is 0 Å². The Morgan fingerprint density at radius 1 is 1.26 bits per heavy atom. The van der Waals surface area contributed by atoms with Gasteiger partial charge in [0.05, 0.1) is 0 Å². The van der Waals surface area contributed by atoms with Crippen molar-refractivity contribution >= 4 is 17.2 Å². The van der Waals surface area contributed by atoms with E-state index in [1.165, 1.54) is 12.8 Å². The maximum absolute atomic E-state index is 13.0. The third-order valence-electron chi connectivity index (χ3n) is 5.10. The smallest absolute Gasteiger partial charge is 0.248 e. The lowest BCUT2D eigenvalue weighted by Gasteiger charge is -2.29. The summed E-state index contributed by atoms with van der Waals surface area (Å²) in [6, 6.07) is 12.4. The number of amides is 1. The number of nitrogens with zero attached hydrogens (tertiary/aromatic N) is 3. The number of rotatable bonds is 8. The first-order valence-electron chi connectivity index (χ1n) is 9.39. The number of aryl methyl sites for hydroxylation is 1. The van der Waals surface area contributed by atoms with Crippen LogP contribution >= 0.6 is 11.3 Å². The van der Waals surface area contributed by atoms with Gasteiger partial charge in [-0.25, -0.2) is 0 Å². The minimum absolute atomic E-state index is 0.147. The van der Waals surface area contributed by atoms with Gasteiger partial charge in [0, 0.05) is 36.4 Å². The Kier molecular flexibility index (Phi) is 5.34. The summed E-state index contributed by atoms with van der Waals surface area (Å²) in [6.07, 6.45) is 3.29. The van der Waals surface area contributed by atoms with E-state index in [0.717, 1.165) is 11.1 Å². The zero-order valence-electron chi connectivity index (χ0n) is 15.4. The largest absolute Gasteiger partial charge is 0.421 e. The van der Waals surface area contributed by atoms with Crippen LogP contribution in [-0.2, 0) is 17.8 Å². The van der Waals surface area contributed by atoms with Gasteiger partial charge >= 0.3 is 0 Å². The van der Waals surface area contributed by atoms with Crippen molar-refractivity contribution in [1.82, 2.24) is 15.1 Å². The number of thiophene rings is 1. The van der Waals surface area contributed by atoms with Crippen LogP contribution < -0.4 is 0 Å². The molecule has 6 heteroatoms. The lowest BCUT2D eigenvalue weighted by atomic mass is 10.1. The van der Waals surface area contributed by atoms with Crippen LogP contribution in [0.5, 0.6) is 0 Å². The van der Waals surface area contributed by atoms with Crippen LogP contribution in [0.4, 0.5) is 0 Å². The van der Waals surface area contributed by atoms with Crippen molar-refractivity contribution in [3.05, 3.63) is 58.6 Å². The molecule has 1 aromatic carbocycles. The zero-order chi connectivity index (χ0) is 18.6. The van der Waals surface area contributed by atoms with Gasteiger partial charge in [-0.15, -0.1) is 10.2 Å². The molecule has 0 N–H and O–H groups in total. The third kappa shape index (κ3) is 4.45. The van der Waals surface area contributed by atoms with Crippen LogP contribution in [0.3, 0.4) is 0 Å². The van der Waals surface area contributed by atoms with E-state index in [9.17, 15) is 4.79 Å². The molecule has 0 radical (unpaired) electrons. The highest BCUT2D eigenvalue weighted by molar-refractivity contribution is 7.08. The predicted octanol–water partition coefficient (Wildman–Crippen LogP) is 4.56. The Hall–Kier alpha value is -2.47. The summed E-state index contributed by atoms with van der Waals surface area (Å²) < 4.78 is 5.71. The van der Waals surface area contributed by atoms with Gasteiger partial charge in [-0.05, 0) is 42.7 Å². The van der Waals surface area contributed by atoms with Crippen molar-refractivity contribution in [1.29, 1.82) is 0 Å². The van der Waals surface area contributed by atoms with Crippen molar-refractivity contribution < 1.29 is 9.21 Å². The Balaban J connectivity index is 1.40. The monoisotopic (exact) mass is 381 g/mol.